The van der Waals surface area contributed by atoms with E-state index in [0.29, 0.717) is 0 Å². The van der Waals surface area contributed by atoms with Gasteiger partial charge in [0, 0.05) is 35.0 Å². The van der Waals surface area contributed by atoms with Crippen LogP contribution in [-0.4, -0.2) is 16.0 Å². The monoisotopic (exact) mass is 240 g/mol. The second-order valence-electron chi connectivity index (χ2n) is 4.30. The number of phenols is 1. The fourth-order valence-electron chi connectivity index (χ4n) is 2.17. The van der Waals surface area contributed by atoms with Crippen molar-refractivity contribution >= 4 is 33.4 Å². The number of fused-ring (bicyclic) bond motifs is 3. The topological polar surface area (TPSA) is 65.1 Å². The third kappa shape index (κ3) is 1.68. The average molecular weight is 240 g/mol. The number of anilines is 1. The van der Waals surface area contributed by atoms with Crippen molar-refractivity contribution in [3.05, 3.63) is 36.4 Å². The molecule has 3 aromatic rings. The standard InChI is InChI=1S/C14H12N2O2/c1-8(17)15-9-2-5-13-12(6-9)11-4-3-10(18)7-14(11)16-13/h2-7,16,18H,1H3,(H,15,17). The Morgan fingerprint density at radius 2 is 1.94 bits per heavy atom. The van der Waals surface area contributed by atoms with Crippen molar-refractivity contribution < 1.29 is 9.90 Å². The summed E-state index contributed by atoms with van der Waals surface area (Å²) in [4.78, 5) is 14.3. The molecule has 0 bridgehead atoms. The van der Waals surface area contributed by atoms with Crippen molar-refractivity contribution in [2.24, 2.45) is 0 Å². The number of H-pyrrole nitrogens is 1. The summed E-state index contributed by atoms with van der Waals surface area (Å²) in [7, 11) is 0. The van der Waals surface area contributed by atoms with Crippen LogP contribution in [0, 0.1) is 0 Å². The molecule has 0 atom stereocenters. The molecular weight excluding hydrogens is 228 g/mol. The Morgan fingerprint density at radius 1 is 1.11 bits per heavy atom. The minimum atomic E-state index is -0.0909. The van der Waals surface area contributed by atoms with E-state index in [-0.39, 0.29) is 11.7 Å². The van der Waals surface area contributed by atoms with Crippen molar-refractivity contribution in [1.29, 1.82) is 0 Å². The molecule has 4 nitrogen and oxygen atoms in total. The lowest BCUT2D eigenvalue weighted by molar-refractivity contribution is -0.114. The zero-order valence-corrected chi connectivity index (χ0v) is 9.82. The maximum Gasteiger partial charge on any atom is 0.221 e. The molecule has 0 saturated heterocycles. The number of benzene rings is 2. The first-order valence-corrected chi connectivity index (χ1v) is 5.65. The maximum atomic E-state index is 11.0. The highest BCUT2D eigenvalue weighted by atomic mass is 16.3. The van der Waals surface area contributed by atoms with E-state index in [9.17, 15) is 9.90 Å². The van der Waals surface area contributed by atoms with Crippen LogP contribution in [0.1, 0.15) is 6.92 Å². The van der Waals surface area contributed by atoms with Crippen LogP contribution in [0.2, 0.25) is 0 Å². The summed E-state index contributed by atoms with van der Waals surface area (Å²) in [6, 6.07) is 10.9. The summed E-state index contributed by atoms with van der Waals surface area (Å²) in [5.74, 6) is 0.142. The minimum absolute atomic E-state index is 0.0909. The van der Waals surface area contributed by atoms with E-state index in [1.807, 2.05) is 24.3 Å². The third-order valence-corrected chi connectivity index (χ3v) is 2.90. The number of aromatic nitrogens is 1. The van der Waals surface area contributed by atoms with Crippen LogP contribution in [0.3, 0.4) is 0 Å². The van der Waals surface area contributed by atoms with Crippen LogP contribution < -0.4 is 5.32 Å². The van der Waals surface area contributed by atoms with E-state index < -0.39 is 0 Å². The number of amides is 1. The number of hydrogen-bond donors (Lipinski definition) is 3. The molecule has 0 radical (unpaired) electrons. The molecule has 0 unspecified atom stereocenters. The van der Waals surface area contributed by atoms with Gasteiger partial charge in [0.05, 0.1) is 5.52 Å². The van der Waals surface area contributed by atoms with Gasteiger partial charge < -0.3 is 15.4 Å². The van der Waals surface area contributed by atoms with E-state index in [4.69, 9.17) is 0 Å². The van der Waals surface area contributed by atoms with Crippen LogP contribution in [0.25, 0.3) is 21.8 Å². The van der Waals surface area contributed by atoms with Gasteiger partial charge >= 0.3 is 0 Å². The van der Waals surface area contributed by atoms with E-state index in [1.54, 1.807) is 12.1 Å². The van der Waals surface area contributed by atoms with Gasteiger partial charge in [0.15, 0.2) is 0 Å². The van der Waals surface area contributed by atoms with Gasteiger partial charge in [0.1, 0.15) is 5.75 Å². The highest BCUT2D eigenvalue weighted by Gasteiger charge is 2.06. The first-order chi connectivity index (χ1) is 8.63. The van der Waals surface area contributed by atoms with Crippen molar-refractivity contribution in [1.82, 2.24) is 4.98 Å². The van der Waals surface area contributed by atoms with Crippen LogP contribution in [0.5, 0.6) is 5.75 Å². The molecule has 0 aliphatic rings. The van der Waals surface area contributed by atoms with E-state index in [0.717, 1.165) is 27.5 Å². The molecule has 1 amide bonds. The molecule has 0 saturated carbocycles. The smallest absolute Gasteiger partial charge is 0.221 e. The van der Waals surface area contributed by atoms with Gasteiger partial charge in [-0.2, -0.15) is 0 Å². The van der Waals surface area contributed by atoms with E-state index >= 15 is 0 Å². The van der Waals surface area contributed by atoms with Gasteiger partial charge in [-0.1, -0.05) is 0 Å². The molecule has 0 aliphatic carbocycles. The number of nitrogens with one attached hydrogen (secondary N) is 2. The maximum absolute atomic E-state index is 11.0. The number of carbonyl (C=O) groups excluding carboxylic acids is 1. The average Bonchev–Trinajstić information content (AvgIpc) is 2.65. The molecule has 90 valence electrons. The highest BCUT2D eigenvalue weighted by Crippen LogP contribution is 2.29. The largest absolute Gasteiger partial charge is 0.508 e. The number of aromatic hydroxyl groups is 1. The summed E-state index contributed by atoms with van der Waals surface area (Å²) in [5.41, 5.74) is 2.62. The Kier molecular flexibility index (Phi) is 2.23. The molecule has 3 N–H and O–H groups in total. The predicted octanol–water partition coefficient (Wildman–Crippen LogP) is 2.99. The van der Waals surface area contributed by atoms with E-state index in [2.05, 4.69) is 10.3 Å². The SMILES string of the molecule is CC(=O)Nc1ccc2[nH]c3cc(O)ccc3c2c1. The lowest BCUT2D eigenvalue weighted by Gasteiger charge is -2.01. The van der Waals surface area contributed by atoms with Gasteiger partial charge in [-0.15, -0.1) is 0 Å². The van der Waals surface area contributed by atoms with Gasteiger partial charge in [-0.3, -0.25) is 4.79 Å². The normalized spacial score (nSPS) is 10.9. The molecule has 2 aromatic carbocycles. The van der Waals surface area contributed by atoms with Crippen molar-refractivity contribution in [2.75, 3.05) is 5.32 Å². The van der Waals surface area contributed by atoms with Gasteiger partial charge in [-0.05, 0) is 30.3 Å². The lowest BCUT2D eigenvalue weighted by Crippen LogP contribution is -2.05. The third-order valence-electron chi connectivity index (χ3n) is 2.90. The lowest BCUT2D eigenvalue weighted by atomic mass is 10.1. The van der Waals surface area contributed by atoms with Crippen LogP contribution >= 0.6 is 0 Å². The number of phenolic OH excluding ortho intramolecular Hbond substituents is 1. The Hall–Kier alpha value is -2.49. The Labute approximate surface area is 103 Å². The number of hydrogen-bond acceptors (Lipinski definition) is 2. The Morgan fingerprint density at radius 3 is 2.72 bits per heavy atom. The van der Waals surface area contributed by atoms with Crippen LogP contribution in [0.4, 0.5) is 5.69 Å². The molecule has 4 heteroatoms. The summed E-state index contributed by atoms with van der Waals surface area (Å²) < 4.78 is 0. The molecule has 0 fully saturated rings. The van der Waals surface area contributed by atoms with Crippen molar-refractivity contribution in [3.8, 4) is 5.75 Å². The van der Waals surface area contributed by atoms with Crippen molar-refractivity contribution in [2.45, 2.75) is 6.92 Å². The predicted molar refractivity (Wildman–Crippen MR) is 71.8 cm³/mol. The molecule has 18 heavy (non-hydrogen) atoms. The number of rotatable bonds is 1. The molecule has 0 aliphatic heterocycles. The Bertz CT molecular complexity index is 759. The molecule has 0 spiro atoms. The van der Waals surface area contributed by atoms with Crippen molar-refractivity contribution in [3.63, 3.8) is 0 Å². The fraction of sp³-hybridized carbons (Fsp3) is 0.0714. The van der Waals surface area contributed by atoms with Gasteiger partial charge in [-0.25, -0.2) is 0 Å². The summed E-state index contributed by atoms with van der Waals surface area (Å²) in [6.45, 7) is 1.48. The fourth-order valence-corrected chi connectivity index (χ4v) is 2.17. The van der Waals surface area contributed by atoms with Crippen LogP contribution in [0.15, 0.2) is 36.4 Å². The Balaban J connectivity index is 2.25. The first kappa shape index (κ1) is 10.7. The quantitative estimate of drug-likeness (QED) is 0.612. The van der Waals surface area contributed by atoms with E-state index in [1.165, 1.54) is 6.92 Å². The summed E-state index contributed by atoms with van der Waals surface area (Å²) in [6.07, 6.45) is 0. The minimum Gasteiger partial charge on any atom is -0.508 e. The van der Waals surface area contributed by atoms with Gasteiger partial charge in [0.2, 0.25) is 5.91 Å². The first-order valence-electron chi connectivity index (χ1n) is 5.65. The number of aromatic amines is 1. The second kappa shape index (κ2) is 3.77. The number of carbonyl (C=O) groups is 1. The van der Waals surface area contributed by atoms with Gasteiger partial charge in [0.25, 0.3) is 0 Å². The second-order valence-corrected chi connectivity index (χ2v) is 4.30. The zero-order valence-electron chi connectivity index (χ0n) is 9.82. The molecule has 1 heterocycles. The summed E-state index contributed by atoms with van der Waals surface area (Å²) >= 11 is 0. The molecule has 1 aromatic heterocycles. The zero-order chi connectivity index (χ0) is 12.7. The summed E-state index contributed by atoms with van der Waals surface area (Å²) in [5, 5.41) is 14.3. The molecule has 3 rings (SSSR count). The highest BCUT2D eigenvalue weighted by molar-refractivity contribution is 6.09. The molecular formula is C14H12N2O2. The van der Waals surface area contributed by atoms with Crippen LogP contribution in [-0.2, 0) is 4.79 Å².